The minimum absolute atomic E-state index is 0. The van der Waals surface area contributed by atoms with Gasteiger partial charge in [0.15, 0.2) is 0 Å². The first kappa shape index (κ1) is 26.9. The second-order valence-corrected chi connectivity index (χ2v) is 9.70. The molecular weight excluding hydrogens is 460 g/mol. The van der Waals surface area contributed by atoms with Crippen LogP contribution in [0.25, 0.3) is 10.9 Å². The lowest BCUT2D eigenvalue weighted by Crippen LogP contribution is -2.50. The average Bonchev–Trinajstić information content (AvgIpc) is 3.40. The van der Waals surface area contributed by atoms with Crippen LogP contribution in [-0.4, -0.2) is 67.9 Å². The predicted octanol–water partition coefficient (Wildman–Crippen LogP) is 4.83. The zero-order chi connectivity index (χ0) is 26.2. The third-order valence-electron chi connectivity index (χ3n) is 7.10. The summed E-state index contributed by atoms with van der Waals surface area (Å²) >= 11 is 0. The van der Waals surface area contributed by atoms with E-state index in [1.54, 1.807) is 6.20 Å². The standard InChI is InChI=1S/C28H34N6O.C2H6.H2/c1-20-16-34(27-8-7-22(15-30)28-26(27)6-3-11-32-28)19-25(35-20)18-33-13-9-23(17-33)21-4-2-5-24(14-21)31-12-10-29;1-2;/h2-8,11,14,20,23,25,31H,9-10,12-13,16-19,29H2,1H3;1-2H3;1H/t20-,23?,25+;;/m1../s1. The highest BCUT2D eigenvalue weighted by atomic mass is 16.5. The van der Waals surface area contributed by atoms with Gasteiger partial charge in [0.05, 0.1) is 23.3 Å². The van der Waals surface area contributed by atoms with Gasteiger partial charge in [-0.3, -0.25) is 4.98 Å². The van der Waals surface area contributed by atoms with Gasteiger partial charge in [0.25, 0.3) is 0 Å². The van der Waals surface area contributed by atoms with Gasteiger partial charge in [0.2, 0.25) is 0 Å². The molecule has 2 aliphatic rings. The molecule has 2 fully saturated rings. The number of nitriles is 1. The molecule has 2 saturated heterocycles. The Morgan fingerprint density at radius 3 is 2.84 bits per heavy atom. The number of nitrogens with two attached hydrogens (primary N) is 1. The second kappa shape index (κ2) is 12.9. The van der Waals surface area contributed by atoms with Crippen LogP contribution < -0.4 is 16.0 Å². The van der Waals surface area contributed by atoms with E-state index in [0.29, 0.717) is 18.0 Å². The number of ether oxygens (including phenoxy) is 1. The van der Waals surface area contributed by atoms with Crippen molar-refractivity contribution in [3.8, 4) is 6.07 Å². The van der Waals surface area contributed by atoms with Gasteiger partial charge < -0.3 is 25.6 Å². The number of nitrogens with one attached hydrogen (secondary N) is 1. The topological polar surface area (TPSA) is 90.4 Å². The number of hydrogen-bond donors (Lipinski definition) is 2. The van der Waals surface area contributed by atoms with Crippen LogP contribution in [-0.2, 0) is 4.74 Å². The Morgan fingerprint density at radius 1 is 1.16 bits per heavy atom. The summed E-state index contributed by atoms with van der Waals surface area (Å²) in [6, 6.07) is 19.0. The van der Waals surface area contributed by atoms with Gasteiger partial charge in [0.1, 0.15) is 6.07 Å². The zero-order valence-corrected chi connectivity index (χ0v) is 22.4. The van der Waals surface area contributed by atoms with Crippen LogP contribution in [0.4, 0.5) is 11.4 Å². The molecule has 1 aromatic heterocycles. The number of fused-ring (bicyclic) bond motifs is 1. The van der Waals surface area contributed by atoms with Crippen LogP contribution in [0, 0.1) is 11.3 Å². The van der Waals surface area contributed by atoms with E-state index in [2.05, 4.69) is 69.5 Å². The molecule has 0 radical (unpaired) electrons. The number of pyridine rings is 1. The number of morpholine rings is 1. The fourth-order valence-corrected chi connectivity index (χ4v) is 5.54. The average molecular weight is 503 g/mol. The molecule has 7 heteroatoms. The minimum atomic E-state index is 0. The number of aromatic nitrogens is 1. The van der Waals surface area contributed by atoms with Gasteiger partial charge in [-0.15, -0.1) is 0 Å². The molecule has 3 N–H and O–H groups in total. The Bertz CT molecular complexity index is 1210. The maximum absolute atomic E-state index is 9.50. The van der Waals surface area contributed by atoms with E-state index in [1.807, 2.05) is 26.0 Å². The van der Waals surface area contributed by atoms with Gasteiger partial charge in [0, 0.05) is 63.7 Å². The van der Waals surface area contributed by atoms with E-state index in [-0.39, 0.29) is 13.6 Å². The fourth-order valence-electron chi connectivity index (χ4n) is 5.54. The molecule has 5 rings (SSSR count). The minimum Gasteiger partial charge on any atom is -0.384 e. The molecule has 0 bridgehead atoms. The van der Waals surface area contributed by atoms with Crippen LogP contribution in [0.3, 0.4) is 0 Å². The number of benzene rings is 2. The number of likely N-dealkylation sites (tertiary alicyclic amines) is 1. The van der Waals surface area contributed by atoms with E-state index in [0.717, 1.165) is 68.0 Å². The number of nitrogens with zero attached hydrogens (tertiary/aromatic N) is 4. The summed E-state index contributed by atoms with van der Waals surface area (Å²) in [5.41, 5.74) is 10.7. The van der Waals surface area contributed by atoms with Crippen molar-refractivity contribution < 1.29 is 6.16 Å². The molecule has 198 valence electrons. The summed E-state index contributed by atoms with van der Waals surface area (Å²) in [6.07, 6.45) is 3.20. The Morgan fingerprint density at radius 2 is 2.03 bits per heavy atom. The fraction of sp³-hybridized carbons (Fsp3) is 0.467. The Kier molecular flexibility index (Phi) is 9.34. The highest BCUT2D eigenvalue weighted by Gasteiger charge is 2.31. The molecule has 3 aromatic rings. The van der Waals surface area contributed by atoms with Crippen molar-refractivity contribution in [1.29, 1.82) is 5.26 Å². The first-order valence-corrected chi connectivity index (χ1v) is 13.6. The number of rotatable bonds is 7. The monoisotopic (exact) mass is 502 g/mol. The van der Waals surface area contributed by atoms with Gasteiger partial charge in [-0.05, 0) is 67.8 Å². The summed E-state index contributed by atoms with van der Waals surface area (Å²) < 4.78 is 6.39. The van der Waals surface area contributed by atoms with Gasteiger partial charge in [-0.1, -0.05) is 26.0 Å². The Hall–Kier alpha value is -3.18. The maximum Gasteiger partial charge on any atom is 0.101 e. The summed E-state index contributed by atoms with van der Waals surface area (Å²) in [7, 11) is 0. The highest BCUT2D eigenvalue weighted by Crippen LogP contribution is 2.32. The molecular formula is C30H42N6O. The number of anilines is 2. The van der Waals surface area contributed by atoms with Crippen LogP contribution in [0.5, 0.6) is 0 Å². The van der Waals surface area contributed by atoms with Crippen molar-refractivity contribution in [3.05, 3.63) is 65.9 Å². The van der Waals surface area contributed by atoms with Crippen LogP contribution >= 0.6 is 0 Å². The van der Waals surface area contributed by atoms with Crippen LogP contribution in [0.15, 0.2) is 54.7 Å². The quantitative estimate of drug-likeness (QED) is 0.478. The lowest BCUT2D eigenvalue weighted by atomic mass is 9.98. The first-order valence-electron chi connectivity index (χ1n) is 13.6. The summed E-state index contributed by atoms with van der Waals surface area (Å²) in [5, 5.41) is 13.9. The molecule has 3 heterocycles. The third kappa shape index (κ3) is 6.40. The smallest absolute Gasteiger partial charge is 0.101 e. The van der Waals surface area contributed by atoms with Crippen LogP contribution in [0.2, 0.25) is 0 Å². The summed E-state index contributed by atoms with van der Waals surface area (Å²) in [6.45, 7) is 12.3. The molecule has 37 heavy (non-hydrogen) atoms. The van der Waals surface area contributed by atoms with Crippen molar-refractivity contribution >= 4 is 22.3 Å². The molecule has 0 amide bonds. The lowest BCUT2D eigenvalue weighted by Gasteiger charge is -2.40. The van der Waals surface area contributed by atoms with Crippen LogP contribution in [0.1, 0.15) is 45.7 Å². The van der Waals surface area contributed by atoms with Crippen molar-refractivity contribution in [1.82, 2.24) is 9.88 Å². The molecule has 2 aromatic carbocycles. The summed E-state index contributed by atoms with van der Waals surface area (Å²) in [5.74, 6) is 0.542. The van der Waals surface area contributed by atoms with E-state index >= 15 is 0 Å². The molecule has 7 nitrogen and oxygen atoms in total. The summed E-state index contributed by atoms with van der Waals surface area (Å²) in [4.78, 5) is 9.44. The molecule has 0 aliphatic carbocycles. The first-order chi connectivity index (χ1) is 18.1. The molecule has 0 spiro atoms. The van der Waals surface area contributed by atoms with E-state index in [4.69, 9.17) is 10.5 Å². The van der Waals surface area contributed by atoms with Gasteiger partial charge in [-0.25, -0.2) is 0 Å². The van der Waals surface area contributed by atoms with E-state index in [9.17, 15) is 5.26 Å². The normalized spacial score (nSPS) is 21.8. The maximum atomic E-state index is 9.50. The highest BCUT2D eigenvalue weighted by molar-refractivity contribution is 5.95. The Labute approximate surface area is 222 Å². The second-order valence-electron chi connectivity index (χ2n) is 9.70. The zero-order valence-electron chi connectivity index (χ0n) is 22.4. The van der Waals surface area contributed by atoms with Gasteiger partial charge >= 0.3 is 0 Å². The molecule has 2 aliphatic heterocycles. The molecule has 1 unspecified atom stereocenters. The van der Waals surface area contributed by atoms with Gasteiger partial charge in [-0.2, -0.15) is 5.26 Å². The lowest BCUT2D eigenvalue weighted by molar-refractivity contribution is -0.0295. The van der Waals surface area contributed by atoms with Crippen molar-refractivity contribution in [3.63, 3.8) is 0 Å². The molecule has 0 saturated carbocycles. The third-order valence-corrected chi connectivity index (χ3v) is 7.10. The SMILES string of the molecule is CC.C[C@@H]1CN(c2ccc(C#N)c3ncccc23)C[C@H](CN2CCC(c3cccc(NCCN)c3)C2)O1.[HH]. The van der Waals surface area contributed by atoms with E-state index in [1.165, 1.54) is 5.56 Å². The van der Waals surface area contributed by atoms with Crippen molar-refractivity contribution in [2.45, 2.75) is 45.3 Å². The largest absolute Gasteiger partial charge is 0.384 e. The molecule has 3 atom stereocenters. The van der Waals surface area contributed by atoms with Crippen molar-refractivity contribution in [2.24, 2.45) is 5.73 Å². The van der Waals surface area contributed by atoms with Crippen molar-refractivity contribution in [2.75, 3.05) is 56.0 Å². The predicted molar refractivity (Wildman–Crippen MR) is 154 cm³/mol. The number of hydrogen-bond acceptors (Lipinski definition) is 7. The Balaban J connectivity index is 0.00000130. The van der Waals surface area contributed by atoms with E-state index < -0.39 is 0 Å².